The zero-order chi connectivity index (χ0) is 12.3. The SMILES string of the molecule is Cc1ccc(CN)c(N(C)C(C)C(C)C)n1. The van der Waals surface area contributed by atoms with Gasteiger partial charge in [0.15, 0.2) is 0 Å². The van der Waals surface area contributed by atoms with Gasteiger partial charge < -0.3 is 10.6 Å². The lowest BCUT2D eigenvalue weighted by Gasteiger charge is -2.30. The Hall–Kier alpha value is -1.09. The lowest BCUT2D eigenvalue weighted by atomic mass is 10.0. The summed E-state index contributed by atoms with van der Waals surface area (Å²) >= 11 is 0. The Labute approximate surface area is 98.7 Å². The van der Waals surface area contributed by atoms with Crippen LogP contribution < -0.4 is 10.6 Å². The van der Waals surface area contributed by atoms with Gasteiger partial charge in [-0.2, -0.15) is 0 Å². The van der Waals surface area contributed by atoms with E-state index in [4.69, 9.17) is 5.73 Å². The van der Waals surface area contributed by atoms with Gasteiger partial charge in [0.05, 0.1) is 0 Å². The number of nitrogens with two attached hydrogens (primary N) is 1. The van der Waals surface area contributed by atoms with E-state index in [2.05, 4.69) is 43.8 Å². The molecule has 0 aliphatic carbocycles. The van der Waals surface area contributed by atoms with Crippen molar-refractivity contribution >= 4 is 5.82 Å². The quantitative estimate of drug-likeness (QED) is 0.848. The molecule has 1 atom stereocenters. The van der Waals surface area contributed by atoms with Crippen LogP contribution in [0, 0.1) is 12.8 Å². The lowest BCUT2D eigenvalue weighted by Crippen LogP contribution is -2.34. The second-order valence-electron chi connectivity index (χ2n) is 4.74. The third-order valence-electron chi connectivity index (χ3n) is 3.22. The summed E-state index contributed by atoms with van der Waals surface area (Å²) in [5.74, 6) is 1.61. The molecule has 1 unspecified atom stereocenters. The zero-order valence-electron chi connectivity index (χ0n) is 11.0. The number of aryl methyl sites for hydroxylation is 1. The highest BCUT2D eigenvalue weighted by atomic mass is 15.2. The van der Waals surface area contributed by atoms with Crippen molar-refractivity contribution in [3.8, 4) is 0 Å². The molecule has 0 spiro atoms. The van der Waals surface area contributed by atoms with E-state index in [-0.39, 0.29) is 0 Å². The first kappa shape index (κ1) is 13.0. The average molecular weight is 221 g/mol. The van der Waals surface area contributed by atoms with E-state index in [9.17, 15) is 0 Å². The normalized spacial score (nSPS) is 12.9. The van der Waals surface area contributed by atoms with Crippen LogP contribution in [0.15, 0.2) is 12.1 Å². The number of hydrogen-bond acceptors (Lipinski definition) is 3. The molecule has 0 saturated carbocycles. The van der Waals surface area contributed by atoms with Crippen LogP contribution in [-0.2, 0) is 6.54 Å². The predicted molar refractivity (Wildman–Crippen MR) is 69.6 cm³/mol. The fraction of sp³-hybridized carbons (Fsp3) is 0.615. The van der Waals surface area contributed by atoms with Crippen molar-refractivity contribution in [1.82, 2.24) is 4.98 Å². The minimum absolute atomic E-state index is 0.458. The van der Waals surface area contributed by atoms with Crippen molar-refractivity contribution in [2.75, 3.05) is 11.9 Å². The lowest BCUT2D eigenvalue weighted by molar-refractivity contribution is 0.501. The van der Waals surface area contributed by atoms with Crippen LogP contribution in [-0.4, -0.2) is 18.1 Å². The molecule has 0 fully saturated rings. The zero-order valence-corrected chi connectivity index (χ0v) is 11.0. The summed E-state index contributed by atoms with van der Waals surface area (Å²) in [6.45, 7) is 9.21. The van der Waals surface area contributed by atoms with Crippen molar-refractivity contribution in [2.24, 2.45) is 11.7 Å². The van der Waals surface area contributed by atoms with Gasteiger partial charge >= 0.3 is 0 Å². The second kappa shape index (κ2) is 5.30. The molecule has 3 heteroatoms. The van der Waals surface area contributed by atoms with Gasteiger partial charge in [0, 0.05) is 30.9 Å². The molecule has 2 N–H and O–H groups in total. The Morgan fingerprint density at radius 3 is 2.44 bits per heavy atom. The van der Waals surface area contributed by atoms with Gasteiger partial charge in [0.25, 0.3) is 0 Å². The van der Waals surface area contributed by atoms with Crippen LogP contribution in [0.25, 0.3) is 0 Å². The monoisotopic (exact) mass is 221 g/mol. The minimum Gasteiger partial charge on any atom is -0.356 e. The molecule has 3 nitrogen and oxygen atoms in total. The van der Waals surface area contributed by atoms with Gasteiger partial charge in [-0.15, -0.1) is 0 Å². The van der Waals surface area contributed by atoms with E-state index < -0.39 is 0 Å². The highest BCUT2D eigenvalue weighted by molar-refractivity contribution is 5.48. The first-order valence-corrected chi connectivity index (χ1v) is 5.86. The fourth-order valence-electron chi connectivity index (χ4n) is 1.68. The van der Waals surface area contributed by atoms with Crippen LogP contribution in [0.2, 0.25) is 0 Å². The third kappa shape index (κ3) is 2.73. The van der Waals surface area contributed by atoms with Crippen molar-refractivity contribution in [2.45, 2.75) is 40.3 Å². The van der Waals surface area contributed by atoms with Gasteiger partial charge in [-0.05, 0) is 25.8 Å². The van der Waals surface area contributed by atoms with E-state index in [1.165, 1.54) is 0 Å². The number of rotatable bonds is 4. The number of pyridine rings is 1. The van der Waals surface area contributed by atoms with Gasteiger partial charge in [-0.1, -0.05) is 19.9 Å². The first-order valence-electron chi connectivity index (χ1n) is 5.86. The Morgan fingerprint density at radius 2 is 1.94 bits per heavy atom. The molecule has 0 amide bonds. The Kier molecular flexibility index (Phi) is 4.30. The summed E-state index contributed by atoms with van der Waals surface area (Å²) in [6.07, 6.45) is 0. The standard InChI is InChI=1S/C13H23N3/c1-9(2)11(4)16(5)13-12(8-14)7-6-10(3)15-13/h6-7,9,11H,8,14H2,1-5H3. The topological polar surface area (TPSA) is 42.1 Å². The number of hydrogen-bond donors (Lipinski definition) is 1. The van der Waals surface area contributed by atoms with Crippen LogP contribution in [0.4, 0.5) is 5.82 Å². The smallest absolute Gasteiger partial charge is 0.133 e. The van der Waals surface area contributed by atoms with Crippen LogP contribution in [0.1, 0.15) is 32.0 Å². The van der Waals surface area contributed by atoms with E-state index in [0.717, 1.165) is 17.1 Å². The third-order valence-corrected chi connectivity index (χ3v) is 3.22. The van der Waals surface area contributed by atoms with Crippen molar-refractivity contribution in [1.29, 1.82) is 0 Å². The van der Waals surface area contributed by atoms with Gasteiger partial charge in [-0.3, -0.25) is 0 Å². The van der Waals surface area contributed by atoms with Crippen molar-refractivity contribution in [3.63, 3.8) is 0 Å². The second-order valence-corrected chi connectivity index (χ2v) is 4.74. The molecule has 16 heavy (non-hydrogen) atoms. The van der Waals surface area contributed by atoms with Crippen LogP contribution >= 0.6 is 0 Å². The fourth-order valence-corrected chi connectivity index (χ4v) is 1.68. The maximum absolute atomic E-state index is 5.75. The van der Waals surface area contributed by atoms with Gasteiger partial charge in [-0.25, -0.2) is 4.98 Å². The van der Waals surface area contributed by atoms with E-state index in [1.54, 1.807) is 0 Å². The summed E-state index contributed by atoms with van der Waals surface area (Å²) in [5.41, 5.74) is 7.90. The summed E-state index contributed by atoms with van der Waals surface area (Å²) in [6, 6.07) is 4.54. The number of aromatic nitrogens is 1. The maximum atomic E-state index is 5.75. The van der Waals surface area contributed by atoms with Gasteiger partial charge in [0.2, 0.25) is 0 Å². The van der Waals surface area contributed by atoms with Crippen molar-refractivity contribution < 1.29 is 0 Å². The molecular formula is C13H23N3. The average Bonchev–Trinajstić information content (AvgIpc) is 2.26. The summed E-state index contributed by atoms with van der Waals surface area (Å²) < 4.78 is 0. The Morgan fingerprint density at radius 1 is 1.31 bits per heavy atom. The van der Waals surface area contributed by atoms with E-state index in [0.29, 0.717) is 18.5 Å². The van der Waals surface area contributed by atoms with E-state index in [1.807, 2.05) is 13.0 Å². The van der Waals surface area contributed by atoms with Crippen LogP contribution in [0.5, 0.6) is 0 Å². The molecule has 0 saturated heterocycles. The number of anilines is 1. The molecule has 0 aromatic carbocycles. The van der Waals surface area contributed by atoms with Crippen molar-refractivity contribution in [3.05, 3.63) is 23.4 Å². The predicted octanol–water partition coefficient (Wildman–Crippen LogP) is 2.33. The Balaban J connectivity index is 3.05. The molecule has 1 aromatic rings. The molecule has 1 rings (SSSR count). The first-order chi connectivity index (χ1) is 7.47. The minimum atomic E-state index is 0.458. The van der Waals surface area contributed by atoms with Crippen LogP contribution in [0.3, 0.4) is 0 Å². The maximum Gasteiger partial charge on any atom is 0.133 e. The highest BCUT2D eigenvalue weighted by Gasteiger charge is 2.17. The molecule has 1 heterocycles. The molecule has 0 aliphatic rings. The molecule has 1 aromatic heterocycles. The Bertz CT molecular complexity index is 347. The molecule has 0 aliphatic heterocycles. The molecular weight excluding hydrogens is 198 g/mol. The molecule has 0 radical (unpaired) electrons. The summed E-state index contributed by atoms with van der Waals surface area (Å²) in [7, 11) is 2.09. The summed E-state index contributed by atoms with van der Waals surface area (Å²) in [5, 5.41) is 0. The largest absolute Gasteiger partial charge is 0.356 e. The molecule has 90 valence electrons. The van der Waals surface area contributed by atoms with Gasteiger partial charge in [0.1, 0.15) is 5.82 Å². The number of nitrogens with zero attached hydrogens (tertiary/aromatic N) is 2. The highest BCUT2D eigenvalue weighted by Crippen LogP contribution is 2.21. The van der Waals surface area contributed by atoms with E-state index >= 15 is 0 Å². The molecule has 0 bridgehead atoms. The summed E-state index contributed by atoms with van der Waals surface area (Å²) in [4.78, 5) is 6.82.